The molecule has 0 spiro atoms. The number of nitrogens with one attached hydrogen (secondary N) is 1. The molecule has 0 saturated carbocycles. The van der Waals surface area contributed by atoms with Crippen molar-refractivity contribution in [1.29, 1.82) is 0 Å². The molecule has 5 heteroatoms. The monoisotopic (exact) mass is 307 g/mol. The molecule has 3 rings (SSSR count). The Labute approximate surface area is 130 Å². The van der Waals surface area contributed by atoms with Gasteiger partial charge in [0.15, 0.2) is 0 Å². The zero-order chi connectivity index (χ0) is 14.2. The number of nitrogens with zero attached hydrogens (tertiary/aromatic N) is 1. The molecule has 1 unspecified atom stereocenters. The molecule has 3 N–H and O–H groups in total. The number of thiocarbonyl (C=S) groups is 1. The van der Waals surface area contributed by atoms with Gasteiger partial charge in [0.05, 0.1) is 5.56 Å². The number of anilines is 1. The third-order valence-electron chi connectivity index (χ3n) is 4.25. The van der Waals surface area contributed by atoms with Gasteiger partial charge in [-0.2, -0.15) is 11.8 Å². The molecule has 2 heterocycles. The van der Waals surface area contributed by atoms with Crippen LogP contribution >= 0.6 is 24.0 Å². The summed E-state index contributed by atoms with van der Waals surface area (Å²) in [6.45, 7) is 3.25. The van der Waals surface area contributed by atoms with Crippen molar-refractivity contribution in [1.82, 2.24) is 4.98 Å². The van der Waals surface area contributed by atoms with E-state index in [1.165, 1.54) is 36.3 Å². The second-order valence-corrected chi connectivity index (χ2v) is 8.09. The van der Waals surface area contributed by atoms with E-state index < -0.39 is 0 Å². The van der Waals surface area contributed by atoms with Gasteiger partial charge in [-0.25, -0.2) is 4.98 Å². The van der Waals surface area contributed by atoms with Crippen LogP contribution in [0.1, 0.15) is 43.0 Å². The summed E-state index contributed by atoms with van der Waals surface area (Å²) in [5.41, 5.74) is 9.32. The standard InChI is InChI=1S/C15H21N3S2/c1-15(6-3-7-20-15)9-17-14-11(13(16)19)8-10-4-2-5-12(10)18-14/h8H,2-7,9H2,1H3,(H2,16,19)(H,17,18). The minimum atomic E-state index is 0.314. The second-order valence-electron chi connectivity index (χ2n) is 5.96. The summed E-state index contributed by atoms with van der Waals surface area (Å²) in [7, 11) is 0. The number of thioether (sulfide) groups is 1. The highest BCUT2D eigenvalue weighted by molar-refractivity contribution is 8.00. The number of rotatable bonds is 4. The van der Waals surface area contributed by atoms with Crippen molar-refractivity contribution < 1.29 is 0 Å². The van der Waals surface area contributed by atoms with E-state index in [2.05, 4.69) is 18.3 Å². The van der Waals surface area contributed by atoms with Crippen LogP contribution in [0.2, 0.25) is 0 Å². The number of hydrogen-bond acceptors (Lipinski definition) is 4. The molecule has 1 aliphatic carbocycles. The van der Waals surface area contributed by atoms with Gasteiger partial charge >= 0.3 is 0 Å². The van der Waals surface area contributed by atoms with Crippen molar-refractivity contribution in [3.05, 3.63) is 22.9 Å². The fraction of sp³-hybridized carbons (Fsp3) is 0.600. The Kier molecular flexibility index (Phi) is 3.91. The Morgan fingerprint density at radius 2 is 2.35 bits per heavy atom. The Hall–Kier alpha value is -0.810. The lowest BCUT2D eigenvalue weighted by molar-refractivity contribution is 0.633. The molecule has 0 radical (unpaired) electrons. The molecular weight excluding hydrogens is 286 g/mol. The maximum Gasteiger partial charge on any atom is 0.136 e. The molecule has 1 aliphatic heterocycles. The molecule has 108 valence electrons. The minimum absolute atomic E-state index is 0.314. The third-order valence-corrected chi connectivity index (χ3v) is 6.00. The van der Waals surface area contributed by atoms with E-state index in [0.717, 1.165) is 30.8 Å². The normalized spacial score (nSPS) is 24.6. The highest BCUT2D eigenvalue weighted by atomic mass is 32.2. The van der Waals surface area contributed by atoms with Gasteiger partial charge < -0.3 is 11.1 Å². The van der Waals surface area contributed by atoms with Gasteiger partial charge in [-0.05, 0) is 56.4 Å². The van der Waals surface area contributed by atoms with Gasteiger partial charge in [-0.15, -0.1) is 0 Å². The maximum absolute atomic E-state index is 5.87. The number of aromatic nitrogens is 1. The maximum atomic E-state index is 5.87. The topological polar surface area (TPSA) is 50.9 Å². The largest absolute Gasteiger partial charge is 0.389 e. The molecule has 1 saturated heterocycles. The number of fused-ring (bicyclic) bond motifs is 1. The van der Waals surface area contributed by atoms with E-state index in [9.17, 15) is 0 Å². The van der Waals surface area contributed by atoms with Crippen LogP contribution in [0.25, 0.3) is 0 Å². The fourth-order valence-electron chi connectivity index (χ4n) is 3.04. The van der Waals surface area contributed by atoms with Gasteiger partial charge in [0.25, 0.3) is 0 Å². The lowest BCUT2D eigenvalue weighted by Gasteiger charge is -2.24. The van der Waals surface area contributed by atoms with Gasteiger partial charge in [-0.3, -0.25) is 0 Å². The molecule has 20 heavy (non-hydrogen) atoms. The molecule has 1 fully saturated rings. The first kappa shape index (κ1) is 14.1. The molecule has 0 aromatic carbocycles. The zero-order valence-corrected chi connectivity index (χ0v) is 13.5. The molecular formula is C15H21N3S2. The Bertz CT molecular complexity index is 536. The third kappa shape index (κ3) is 2.79. The summed E-state index contributed by atoms with van der Waals surface area (Å²) in [6.07, 6.45) is 5.94. The molecule has 1 aromatic rings. The van der Waals surface area contributed by atoms with Crippen LogP contribution in [-0.2, 0) is 12.8 Å². The van der Waals surface area contributed by atoms with E-state index in [4.69, 9.17) is 22.9 Å². The molecule has 0 amide bonds. The van der Waals surface area contributed by atoms with Crippen molar-refractivity contribution in [3.63, 3.8) is 0 Å². The van der Waals surface area contributed by atoms with Crippen LogP contribution < -0.4 is 11.1 Å². The first-order valence-corrected chi connectivity index (χ1v) is 8.67. The minimum Gasteiger partial charge on any atom is -0.389 e. The van der Waals surface area contributed by atoms with Crippen molar-refractivity contribution >= 4 is 34.8 Å². The summed E-state index contributed by atoms with van der Waals surface area (Å²) in [4.78, 5) is 5.22. The second kappa shape index (κ2) is 5.53. The summed E-state index contributed by atoms with van der Waals surface area (Å²) in [5.74, 6) is 2.14. The van der Waals surface area contributed by atoms with Gasteiger partial charge in [0.1, 0.15) is 10.8 Å². The van der Waals surface area contributed by atoms with Crippen LogP contribution in [0.4, 0.5) is 5.82 Å². The van der Waals surface area contributed by atoms with E-state index in [1.807, 2.05) is 11.8 Å². The van der Waals surface area contributed by atoms with Gasteiger partial charge in [0, 0.05) is 17.0 Å². The average molecular weight is 307 g/mol. The zero-order valence-electron chi connectivity index (χ0n) is 11.9. The predicted molar refractivity (Wildman–Crippen MR) is 90.7 cm³/mol. The number of pyridine rings is 1. The molecule has 3 nitrogen and oxygen atoms in total. The summed E-state index contributed by atoms with van der Waals surface area (Å²) < 4.78 is 0.314. The van der Waals surface area contributed by atoms with E-state index >= 15 is 0 Å². The van der Waals surface area contributed by atoms with E-state index in [1.54, 1.807) is 0 Å². The number of hydrogen-bond donors (Lipinski definition) is 2. The SMILES string of the molecule is CC1(CNc2nc3c(cc2C(N)=S)CCC3)CCCS1. The molecule has 0 bridgehead atoms. The molecule has 1 aromatic heterocycles. The molecule has 1 atom stereocenters. The summed E-state index contributed by atoms with van der Waals surface area (Å²) in [6, 6.07) is 2.14. The first-order chi connectivity index (χ1) is 9.57. The lowest BCUT2D eigenvalue weighted by Crippen LogP contribution is -2.28. The molecule has 2 aliphatic rings. The summed E-state index contributed by atoms with van der Waals surface area (Å²) in [5, 5.41) is 3.51. The van der Waals surface area contributed by atoms with Gasteiger partial charge in [0.2, 0.25) is 0 Å². The van der Waals surface area contributed by atoms with Crippen molar-refractivity contribution in [3.8, 4) is 0 Å². The Balaban J connectivity index is 1.82. The average Bonchev–Trinajstić information content (AvgIpc) is 3.04. The van der Waals surface area contributed by atoms with Crippen LogP contribution in [0, 0.1) is 0 Å². The van der Waals surface area contributed by atoms with E-state index in [-0.39, 0.29) is 0 Å². The van der Waals surface area contributed by atoms with E-state index in [0.29, 0.717) is 9.74 Å². The number of nitrogens with two attached hydrogens (primary N) is 1. The Morgan fingerprint density at radius 3 is 3.05 bits per heavy atom. The van der Waals surface area contributed by atoms with Crippen LogP contribution in [0.5, 0.6) is 0 Å². The lowest BCUT2D eigenvalue weighted by atomic mass is 10.1. The quantitative estimate of drug-likeness (QED) is 0.838. The summed E-state index contributed by atoms with van der Waals surface area (Å²) >= 11 is 7.24. The Morgan fingerprint density at radius 1 is 1.50 bits per heavy atom. The van der Waals surface area contributed by atoms with Crippen molar-refractivity contribution in [2.45, 2.75) is 43.8 Å². The van der Waals surface area contributed by atoms with Gasteiger partial charge in [-0.1, -0.05) is 12.2 Å². The fourth-order valence-corrected chi connectivity index (χ4v) is 4.44. The first-order valence-electron chi connectivity index (χ1n) is 7.28. The van der Waals surface area contributed by atoms with Crippen LogP contribution in [0.3, 0.4) is 0 Å². The smallest absolute Gasteiger partial charge is 0.136 e. The predicted octanol–water partition coefficient (Wildman–Crippen LogP) is 2.90. The van der Waals surface area contributed by atoms with Crippen molar-refractivity contribution in [2.24, 2.45) is 5.73 Å². The van der Waals surface area contributed by atoms with Crippen LogP contribution in [-0.4, -0.2) is 27.0 Å². The van der Waals surface area contributed by atoms with Crippen LogP contribution in [0.15, 0.2) is 6.07 Å². The highest BCUT2D eigenvalue weighted by Crippen LogP contribution is 2.38. The van der Waals surface area contributed by atoms with Crippen molar-refractivity contribution in [2.75, 3.05) is 17.6 Å². The highest BCUT2D eigenvalue weighted by Gasteiger charge is 2.29. The number of aryl methyl sites for hydroxylation is 2.